The molecule has 0 unspecified atom stereocenters. The number of likely N-dealkylation sites (N-methyl/N-ethyl adjacent to an activating group) is 2. The van der Waals surface area contributed by atoms with E-state index in [4.69, 9.17) is 0 Å². The number of carbonyl (C=O) groups is 2. The summed E-state index contributed by atoms with van der Waals surface area (Å²) in [6.07, 6.45) is 5.85. The van der Waals surface area contributed by atoms with Gasteiger partial charge in [-0.3, -0.25) is 9.36 Å². The average Bonchev–Trinajstić information content (AvgIpc) is 3.50. The molecule has 0 aliphatic carbocycles. The number of benzene rings is 2. The lowest BCUT2D eigenvalue weighted by Gasteiger charge is -2.22. The largest absolute Gasteiger partial charge is 0.340 e. The molecule has 10 heteroatoms. The summed E-state index contributed by atoms with van der Waals surface area (Å²) in [7, 11) is -0.623. The van der Waals surface area contributed by atoms with Crippen molar-refractivity contribution in [1.29, 1.82) is 0 Å². The van der Waals surface area contributed by atoms with Crippen LogP contribution < -0.4 is 0 Å². The minimum absolute atomic E-state index is 0.137. The van der Waals surface area contributed by atoms with E-state index in [0.29, 0.717) is 17.4 Å². The summed E-state index contributed by atoms with van der Waals surface area (Å²) < 4.78 is 29.0. The molecular formula is C23H23N5O4S. The van der Waals surface area contributed by atoms with Crippen molar-refractivity contribution in [2.24, 2.45) is 0 Å². The third-order valence-corrected chi connectivity index (χ3v) is 7.07. The van der Waals surface area contributed by atoms with Crippen LogP contribution in [0.25, 0.3) is 10.9 Å². The number of para-hydroxylation sites is 1. The summed E-state index contributed by atoms with van der Waals surface area (Å²) in [6.45, 7) is 0.556. The second kappa shape index (κ2) is 8.91. The van der Waals surface area contributed by atoms with Gasteiger partial charge in [0.15, 0.2) is 0 Å². The van der Waals surface area contributed by atoms with Gasteiger partial charge >= 0.3 is 6.03 Å². The molecule has 4 rings (SSSR count). The molecule has 9 nitrogen and oxygen atoms in total. The molecule has 0 radical (unpaired) electrons. The lowest BCUT2D eigenvalue weighted by molar-refractivity contribution is 0.0787. The maximum absolute atomic E-state index is 13.2. The molecule has 33 heavy (non-hydrogen) atoms. The topological polar surface area (TPSA) is 97.5 Å². The van der Waals surface area contributed by atoms with Crippen molar-refractivity contribution in [3.63, 3.8) is 0 Å². The zero-order valence-electron chi connectivity index (χ0n) is 18.2. The molecule has 2 heterocycles. The van der Waals surface area contributed by atoms with Crippen LogP contribution in [0.5, 0.6) is 0 Å². The van der Waals surface area contributed by atoms with Crippen LogP contribution in [-0.2, 0) is 10.0 Å². The van der Waals surface area contributed by atoms with Gasteiger partial charge in [0.1, 0.15) is 6.33 Å². The molecule has 0 N–H and O–H groups in total. The zero-order chi connectivity index (χ0) is 23.6. The van der Waals surface area contributed by atoms with Crippen molar-refractivity contribution in [2.75, 3.05) is 27.2 Å². The van der Waals surface area contributed by atoms with E-state index in [-0.39, 0.29) is 28.9 Å². The fraction of sp³-hybridized carbons (Fsp3) is 0.174. The van der Waals surface area contributed by atoms with Crippen LogP contribution in [0.3, 0.4) is 0 Å². The van der Waals surface area contributed by atoms with Crippen molar-refractivity contribution in [1.82, 2.24) is 23.3 Å². The fourth-order valence-electron chi connectivity index (χ4n) is 3.50. The third kappa shape index (κ3) is 4.24. The first-order valence-electron chi connectivity index (χ1n) is 10.2. The van der Waals surface area contributed by atoms with Crippen LogP contribution in [0.15, 0.2) is 84.4 Å². The lowest BCUT2D eigenvalue weighted by atomic mass is 10.1. The monoisotopic (exact) mass is 465 g/mol. The van der Waals surface area contributed by atoms with Crippen LogP contribution in [-0.4, -0.2) is 70.9 Å². The molecule has 0 saturated heterocycles. The van der Waals surface area contributed by atoms with Gasteiger partial charge in [0, 0.05) is 51.2 Å². The van der Waals surface area contributed by atoms with E-state index in [2.05, 4.69) is 4.98 Å². The Kier molecular flexibility index (Phi) is 6.01. The second-order valence-corrected chi connectivity index (χ2v) is 9.39. The highest BCUT2D eigenvalue weighted by molar-refractivity contribution is 7.90. The Morgan fingerprint density at radius 1 is 0.939 bits per heavy atom. The van der Waals surface area contributed by atoms with Crippen molar-refractivity contribution >= 4 is 32.9 Å². The molecule has 2 amide bonds. The Labute approximate surface area is 191 Å². The van der Waals surface area contributed by atoms with E-state index in [9.17, 15) is 18.0 Å². The number of hydrogen-bond donors (Lipinski definition) is 0. The first kappa shape index (κ1) is 22.3. The molecule has 0 atom stereocenters. The minimum Gasteiger partial charge on any atom is -0.340 e. The van der Waals surface area contributed by atoms with Crippen molar-refractivity contribution in [3.05, 3.63) is 85.1 Å². The SMILES string of the molecule is CN(CCN(C)C(=O)n1ccnc1)C(=O)c1cn(S(=O)(=O)c2ccccc2)c2ccccc12. The third-order valence-electron chi connectivity index (χ3n) is 5.38. The molecule has 0 aliphatic rings. The van der Waals surface area contributed by atoms with Crippen molar-refractivity contribution in [2.45, 2.75) is 4.90 Å². The van der Waals surface area contributed by atoms with Crippen LogP contribution in [0.2, 0.25) is 0 Å². The number of amides is 2. The maximum atomic E-state index is 13.2. The predicted octanol–water partition coefficient (Wildman–Crippen LogP) is 2.75. The highest BCUT2D eigenvalue weighted by Crippen LogP contribution is 2.26. The quantitative estimate of drug-likeness (QED) is 0.436. The number of nitrogens with zero attached hydrogens (tertiary/aromatic N) is 5. The van der Waals surface area contributed by atoms with Crippen LogP contribution >= 0.6 is 0 Å². The number of aromatic nitrogens is 3. The number of rotatable bonds is 6. The van der Waals surface area contributed by atoms with Crippen LogP contribution in [0.1, 0.15) is 10.4 Å². The molecule has 0 bridgehead atoms. The van der Waals surface area contributed by atoms with E-state index in [1.165, 1.54) is 45.2 Å². The molecular weight excluding hydrogens is 442 g/mol. The summed E-state index contributed by atoms with van der Waals surface area (Å²) in [4.78, 5) is 32.6. The van der Waals surface area contributed by atoms with Gasteiger partial charge in [-0.2, -0.15) is 0 Å². The smallest absolute Gasteiger partial charge is 0.329 e. The Bertz CT molecular complexity index is 1400. The molecule has 2 aromatic carbocycles. The van der Waals surface area contributed by atoms with Gasteiger partial charge in [0.25, 0.3) is 15.9 Å². The Morgan fingerprint density at radius 3 is 2.30 bits per heavy atom. The lowest BCUT2D eigenvalue weighted by Crippen LogP contribution is -2.38. The summed E-state index contributed by atoms with van der Waals surface area (Å²) >= 11 is 0. The predicted molar refractivity (Wildman–Crippen MR) is 124 cm³/mol. The van der Waals surface area contributed by atoms with Gasteiger partial charge in [-0.05, 0) is 18.2 Å². The highest BCUT2D eigenvalue weighted by Gasteiger charge is 2.25. The van der Waals surface area contributed by atoms with E-state index >= 15 is 0 Å². The number of hydrogen-bond acceptors (Lipinski definition) is 5. The number of carbonyl (C=O) groups excluding carboxylic acids is 2. The normalized spacial score (nSPS) is 11.5. The average molecular weight is 466 g/mol. The van der Waals surface area contributed by atoms with E-state index < -0.39 is 10.0 Å². The number of imidazole rings is 1. The first-order valence-corrected chi connectivity index (χ1v) is 11.6. The molecule has 2 aromatic heterocycles. The van der Waals surface area contributed by atoms with Gasteiger partial charge in [0.2, 0.25) is 0 Å². The van der Waals surface area contributed by atoms with Gasteiger partial charge in [-0.1, -0.05) is 36.4 Å². The summed E-state index contributed by atoms with van der Waals surface area (Å²) in [5.41, 5.74) is 0.696. The van der Waals surface area contributed by atoms with Gasteiger partial charge in [0.05, 0.1) is 16.0 Å². The molecule has 170 valence electrons. The van der Waals surface area contributed by atoms with Crippen molar-refractivity contribution < 1.29 is 18.0 Å². The Hall–Kier alpha value is -3.92. The van der Waals surface area contributed by atoms with E-state index in [0.717, 1.165) is 3.97 Å². The standard InChI is InChI=1S/C23H23N5O4S/c1-25(14-15-26(2)23(30)27-13-12-24-17-27)22(29)20-16-28(21-11-7-6-10-19(20)21)33(31,32)18-8-4-3-5-9-18/h3-13,16-17H,14-15H2,1-2H3. The molecule has 0 fully saturated rings. The van der Waals surface area contributed by atoms with Gasteiger partial charge < -0.3 is 9.80 Å². The minimum atomic E-state index is -3.88. The van der Waals surface area contributed by atoms with Crippen LogP contribution in [0, 0.1) is 0 Å². The zero-order valence-corrected chi connectivity index (χ0v) is 19.0. The molecule has 4 aromatic rings. The van der Waals surface area contributed by atoms with Crippen LogP contribution in [0.4, 0.5) is 4.79 Å². The van der Waals surface area contributed by atoms with E-state index in [1.54, 1.807) is 62.8 Å². The fourth-order valence-corrected chi connectivity index (χ4v) is 4.89. The molecule has 0 spiro atoms. The van der Waals surface area contributed by atoms with Gasteiger partial charge in [-0.25, -0.2) is 22.2 Å². The maximum Gasteiger partial charge on any atom is 0.329 e. The summed E-state index contributed by atoms with van der Waals surface area (Å²) in [5, 5.41) is 0.539. The Balaban J connectivity index is 1.59. The van der Waals surface area contributed by atoms with E-state index in [1.807, 2.05) is 0 Å². The molecule has 0 saturated carbocycles. The summed E-state index contributed by atoms with van der Waals surface area (Å²) in [6, 6.07) is 14.7. The highest BCUT2D eigenvalue weighted by atomic mass is 32.2. The first-order chi connectivity index (χ1) is 15.8. The Morgan fingerprint density at radius 2 is 1.61 bits per heavy atom. The van der Waals surface area contributed by atoms with Crippen molar-refractivity contribution in [3.8, 4) is 0 Å². The molecule has 0 aliphatic heterocycles. The van der Waals surface area contributed by atoms with Gasteiger partial charge in [-0.15, -0.1) is 0 Å². The summed E-state index contributed by atoms with van der Waals surface area (Å²) in [5.74, 6) is -0.336. The number of fused-ring (bicyclic) bond motifs is 1. The second-order valence-electron chi connectivity index (χ2n) is 7.57.